The predicted molar refractivity (Wildman–Crippen MR) is 146 cm³/mol. The van der Waals surface area contributed by atoms with Gasteiger partial charge in [-0.3, -0.25) is 0 Å². The molecule has 0 unspecified atom stereocenters. The molecule has 1 aliphatic heterocycles. The molecule has 4 rings (SSSR count). The van der Waals surface area contributed by atoms with E-state index >= 15 is 0 Å². The van der Waals surface area contributed by atoms with E-state index in [0.29, 0.717) is 12.2 Å². The third-order valence-electron chi connectivity index (χ3n) is 5.53. The topological polar surface area (TPSA) is 60.4 Å². The Hall–Kier alpha value is -1.19. The Balaban J connectivity index is 0.00000342. The van der Waals surface area contributed by atoms with Crippen LogP contribution in [0.4, 0.5) is 11.4 Å². The van der Waals surface area contributed by atoms with Crippen molar-refractivity contribution in [2.24, 2.45) is 0 Å². The summed E-state index contributed by atoms with van der Waals surface area (Å²) >= 11 is 3.48. The van der Waals surface area contributed by atoms with Crippen LogP contribution in [0.3, 0.4) is 0 Å². The zero-order valence-electron chi connectivity index (χ0n) is 20.1. The standard InChI is InChI=1S/C27H29NO3S3.Na/c1-2-17-32-27(33-18-10-19-34(29,30)31)26-22-13-6-8-15-24(22)28(20-21-11-4-3-5-12-21)25-16-9-7-14-23(25)26;/h3-9,11-16H,2,10,17-20H2,1H3,(H,29,30,31);/q;+1/p-1. The Morgan fingerprint density at radius 1 is 0.829 bits per heavy atom. The van der Waals surface area contributed by atoms with Crippen molar-refractivity contribution >= 4 is 50.6 Å². The Bertz CT molecular complexity index is 1210. The van der Waals surface area contributed by atoms with Crippen LogP contribution < -0.4 is 34.5 Å². The second-order valence-corrected chi connectivity index (χ2v) is 12.1. The third kappa shape index (κ3) is 7.41. The number of thioether (sulfide) groups is 2. The first kappa shape index (κ1) is 28.4. The summed E-state index contributed by atoms with van der Waals surface area (Å²) in [5.41, 5.74) is 7.13. The molecule has 0 spiro atoms. The van der Waals surface area contributed by atoms with Crippen LogP contribution >= 0.6 is 23.5 Å². The minimum atomic E-state index is -4.19. The molecule has 0 amide bonds. The van der Waals surface area contributed by atoms with Crippen molar-refractivity contribution in [2.75, 3.05) is 22.2 Å². The largest absolute Gasteiger partial charge is 1.00 e. The van der Waals surface area contributed by atoms with Crippen LogP contribution in [-0.2, 0) is 16.7 Å². The van der Waals surface area contributed by atoms with E-state index in [9.17, 15) is 13.0 Å². The molecule has 0 bridgehead atoms. The van der Waals surface area contributed by atoms with Crippen LogP contribution in [-0.4, -0.2) is 30.2 Å². The number of para-hydroxylation sites is 2. The number of anilines is 2. The van der Waals surface area contributed by atoms with E-state index < -0.39 is 10.1 Å². The summed E-state index contributed by atoms with van der Waals surface area (Å²) < 4.78 is 34.4. The van der Waals surface area contributed by atoms with Gasteiger partial charge in [-0.05, 0) is 42.0 Å². The van der Waals surface area contributed by atoms with Gasteiger partial charge in [0.1, 0.15) is 0 Å². The summed E-state index contributed by atoms with van der Waals surface area (Å²) in [5, 5.41) is 0. The average Bonchev–Trinajstić information content (AvgIpc) is 2.84. The summed E-state index contributed by atoms with van der Waals surface area (Å²) in [4.78, 5) is 2.38. The molecule has 0 saturated carbocycles. The van der Waals surface area contributed by atoms with Crippen LogP contribution in [0, 0.1) is 0 Å². The Labute approximate surface area is 239 Å². The summed E-state index contributed by atoms with van der Waals surface area (Å²) in [6.45, 7) is 2.93. The molecule has 0 aromatic heterocycles. The fraction of sp³-hybridized carbons (Fsp3) is 0.259. The number of rotatable bonds is 10. The number of benzene rings is 3. The minimum Gasteiger partial charge on any atom is -0.748 e. The summed E-state index contributed by atoms with van der Waals surface area (Å²) in [6.07, 6.45) is 1.39. The first-order valence-electron chi connectivity index (χ1n) is 11.4. The summed E-state index contributed by atoms with van der Waals surface area (Å²) in [6, 6.07) is 27.5. The maximum Gasteiger partial charge on any atom is 1.00 e. The molecule has 0 N–H and O–H groups in total. The van der Waals surface area contributed by atoms with Crippen LogP contribution in [0.25, 0.3) is 5.57 Å². The third-order valence-corrected chi connectivity index (χ3v) is 9.06. The molecule has 0 fully saturated rings. The molecule has 4 nitrogen and oxygen atoms in total. The maximum absolute atomic E-state index is 11.1. The molecular weight excluding hydrogens is 505 g/mol. The van der Waals surface area contributed by atoms with Gasteiger partial charge in [0, 0.05) is 44.6 Å². The summed E-state index contributed by atoms with van der Waals surface area (Å²) in [7, 11) is -4.19. The Morgan fingerprint density at radius 2 is 1.37 bits per heavy atom. The molecule has 3 aromatic rings. The van der Waals surface area contributed by atoms with Crippen molar-refractivity contribution < 1.29 is 42.5 Å². The maximum atomic E-state index is 11.1. The van der Waals surface area contributed by atoms with Crippen LogP contribution in [0.2, 0.25) is 0 Å². The van der Waals surface area contributed by atoms with Gasteiger partial charge in [-0.1, -0.05) is 73.7 Å². The van der Waals surface area contributed by atoms with Crippen molar-refractivity contribution in [2.45, 2.75) is 26.3 Å². The van der Waals surface area contributed by atoms with Gasteiger partial charge < -0.3 is 9.45 Å². The molecule has 0 saturated heterocycles. The second kappa shape index (κ2) is 13.4. The van der Waals surface area contributed by atoms with Crippen LogP contribution in [0.5, 0.6) is 0 Å². The molecular formula is C27H28NNaO3S3. The monoisotopic (exact) mass is 533 g/mol. The van der Waals surface area contributed by atoms with Gasteiger partial charge in [-0.2, -0.15) is 0 Å². The summed E-state index contributed by atoms with van der Waals surface area (Å²) in [5.74, 6) is 1.25. The molecule has 0 atom stereocenters. The van der Waals surface area contributed by atoms with Crippen molar-refractivity contribution in [3.63, 3.8) is 0 Å². The molecule has 1 heterocycles. The molecule has 3 aromatic carbocycles. The Morgan fingerprint density at radius 3 is 1.94 bits per heavy atom. The van der Waals surface area contributed by atoms with Gasteiger partial charge in [0.2, 0.25) is 0 Å². The fourth-order valence-electron chi connectivity index (χ4n) is 4.05. The number of hydrogen-bond donors (Lipinski definition) is 0. The van der Waals surface area contributed by atoms with Crippen molar-refractivity contribution in [3.05, 3.63) is 99.8 Å². The fourth-order valence-corrected chi connectivity index (χ4v) is 7.16. The molecule has 8 heteroatoms. The molecule has 178 valence electrons. The van der Waals surface area contributed by atoms with Gasteiger partial charge in [0.05, 0.1) is 10.1 Å². The van der Waals surface area contributed by atoms with Crippen LogP contribution in [0.1, 0.15) is 36.5 Å². The van der Waals surface area contributed by atoms with E-state index in [2.05, 4.69) is 84.6 Å². The van der Waals surface area contributed by atoms with E-state index in [-0.39, 0.29) is 35.3 Å². The normalized spacial score (nSPS) is 12.5. The zero-order chi connectivity index (χ0) is 24.0. The minimum absolute atomic E-state index is 0. The van der Waals surface area contributed by atoms with Crippen molar-refractivity contribution in [1.82, 2.24) is 0 Å². The number of nitrogens with zero attached hydrogens (tertiary/aromatic N) is 1. The smallest absolute Gasteiger partial charge is 0.748 e. The zero-order valence-corrected chi connectivity index (χ0v) is 24.6. The number of fused-ring (bicyclic) bond motifs is 2. The molecule has 0 aliphatic carbocycles. The predicted octanol–water partition coefficient (Wildman–Crippen LogP) is 3.87. The van der Waals surface area contributed by atoms with Crippen molar-refractivity contribution in [1.29, 1.82) is 0 Å². The van der Waals surface area contributed by atoms with E-state index in [1.54, 1.807) is 11.8 Å². The van der Waals surface area contributed by atoms with Crippen LogP contribution in [0.15, 0.2) is 83.1 Å². The van der Waals surface area contributed by atoms with Gasteiger partial charge in [-0.25, -0.2) is 8.42 Å². The van der Waals surface area contributed by atoms with Gasteiger partial charge >= 0.3 is 29.6 Å². The van der Waals surface area contributed by atoms with E-state index in [4.69, 9.17) is 0 Å². The number of hydrogen-bond acceptors (Lipinski definition) is 6. The van der Waals surface area contributed by atoms with Gasteiger partial charge in [0.25, 0.3) is 0 Å². The van der Waals surface area contributed by atoms with E-state index in [0.717, 1.165) is 30.1 Å². The molecule has 0 radical (unpaired) electrons. The average molecular weight is 534 g/mol. The first-order chi connectivity index (χ1) is 16.5. The SMILES string of the molecule is CCCSC(SCCCS(=O)(=O)[O-])=C1c2ccccc2N(Cc2ccccc2)c2ccccc21.[Na+]. The second-order valence-electron chi connectivity index (χ2n) is 8.08. The Kier molecular flexibility index (Phi) is 10.9. The molecule has 35 heavy (non-hydrogen) atoms. The van der Waals surface area contributed by atoms with Crippen molar-refractivity contribution in [3.8, 4) is 0 Å². The molecule has 1 aliphatic rings. The van der Waals surface area contributed by atoms with Gasteiger partial charge in [-0.15, -0.1) is 23.5 Å². The van der Waals surface area contributed by atoms with Gasteiger partial charge in [0.15, 0.2) is 0 Å². The first-order valence-corrected chi connectivity index (χ1v) is 15.0. The quantitative estimate of drug-likeness (QED) is 0.224. The van der Waals surface area contributed by atoms with E-state index in [1.807, 2.05) is 17.8 Å². The van der Waals surface area contributed by atoms with E-state index in [1.165, 1.54) is 26.5 Å².